The van der Waals surface area contributed by atoms with Crippen LogP contribution >= 0.6 is 11.6 Å². The minimum Gasteiger partial charge on any atom is -0.497 e. The number of amides is 1. The quantitative estimate of drug-likeness (QED) is 0.817. The average molecular weight is 348 g/mol. The highest BCUT2D eigenvalue weighted by molar-refractivity contribution is 6.30. The predicted octanol–water partition coefficient (Wildman–Crippen LogP) is 4.17. The molecule has 0 unspecified atom stereocenters. The zero-order valence-corrected chi connectivity index (χ0v) is 14.9. The van der Waals surface area contributed by atoms with Crippen LogP contribution in [0, 0.1) is 0 Å². The molecule has 5 heteroatoms. The minimum absolute atomic E-state index is 0.0117. The molecule has 2 aromatic carbocycles. The third-order valence-electron chi connectivity index (χ3n) is 3.83. The first-order valence-electron chi connectivity index (χ1n) is 7.79. The van der Waals surface area contributed by atoms with Gasteiger partial charge >= 0.3 is 0 Å². The van der Waals surface area contributed by atoms with E-state index in [9.17, 15) is 4.79 Å². The molecular formula is C19H22ClNO3. The van der Waals surface area contributed by atoms with Crippen molar-refractivity contribution in [3.8, 4) is 11.5 Å². The Balaban J connectivity index is 1.97. The topological polar surface area (TPSA) is 47.6 Å². The van der Waals surface area contributed by atoms with Gasteiger partial charge in [0, 0.05) is 17.0 Å². The van der Waals surface area contributed by atoms with Crippen molar-refractivity contribution in [1.82, 2.24) is 5.32 Å². The van der Waals surface area contributed by atoms with Crippen molar-refractivity contribution in [3.63, 3.8) is 0 Å². The molecule has 0 saturated carbocycles. The van der Waals surface area contributed by atoms with E-state index in [4.69, 9.17) is 21.1 Å². The van der Waals surface area contributed by atoms with Crippen LogP contribution in [0.2, 0.25) is 5.02 Å². The number of rotatable bonds is 7. The Bertz CT molecular complexity index is 686. The summed E-state index contributed by atoms with van der Waals surface area (Å²) in [6.45, 7) is 1.93. The molecule has 24 heavy (non-hydrogen) atoms. The number of halogens is 1. The van der Waals surface area contributed by atoms with E-state index in [2.05, 4.69) is 5.32 Å². The Morgan fingerprint density at radius 1 is 1.12 bits per heavy atom. The van der Waals surface area contributed by atoms with E-state index in [0.29, 0.717) is 17.9 Å². The second kappa shape index (κ2) is 8.60. The molecule has 0 aliphatic carbocycles. The number of nitrogens with one attached hydrogen (secondary N) is 1. The molecule has 0 heterocycles. The summed E-state index contributed by atoms with van der Waals surface area (Å²) < 4.78 is 10.6. The van der Waals surface area contributed by atoms with Crippen LogP contribution in [0.3, 0.4) is 0 Å². The molecule has 1 atom stereocenters. The third-order valence-corrected chi connectivity index (χ3v) is 4.09. The van der Waals surface area contributed by atoms with Crippen LogP contribution < -0.4 is 14.8 Å². The van der Waals surface area contributed by atoms with Gasteiger partial charge in [-0.3, -0.25) is 4.79 Å². The summed E-state index contributed by atoms with van der Waals surface area (Å²) in [6.07, 6.45) is 1.09. The first-order chi connectivity index (χ1) is 11.5. The highest BCUT2D eigenvalue weighted by Gasteiger charge is 2.15. The number of carbonyl (C=O) groups excluding carboxylic acids is 1. The Kier molecular flexibility index (Phi) is 6.50. The summed E-state index contributed by atoms with van der Waals surface area (Å²) >= 11 is 5.86. The van der Waals surface area contributed by atoms with E-state index in [1.165, 1.54) is 0 Å². The van der Waals surface area contributed by atoms with E-state index >= 15 is 0 Å². The van der Waals surface area contributed by atoms with Gasteiger partial charge in [0.05, 0.1) is 20.3 Å². The van der Waals surface area contributed by atoms with Crippen LogP contribution in [0.1, 0.15) is 30.5 Å². The maximum absolute atomic E-state index is 12.2. The van der Waals surface area contributed by atoms with E-state index < -0.39 is 0 Å². The number of hydrogen-bond acceptors (Lipinski definition) is 3. The van der Waals surface area contributed by atoms with Gasteiger partial charge in [0.15, 0.2) is 0 Å². The molecule has 0 spiro atoms. The van der Waals surface area contributed by atoms with E-state index in [1.54, 1.807) is 14.2 Å². The summed E-state index contributed by atoms with van der Waals surface area (Å²) in [5, 5.41) is 3.70. The van der Waals surface area contributed by atoms with Crippen molar-refractivity contribution in [2.75, 3.05) is 14.2 Å². The summed E-state index contributed by atoms with van der Waals surface area (Å²) in [7, 11) is 3.22. The van der Waals surface area contributed by atoms with Gasteiger partial charge in [-0.15, -0.1) is 0 Å². The van der Waals surface area contributed by atoms with Crippen molar-refractivity contribution >= 4 is 17.5 Å². The summed E-state index contributed by atoms with van der Waals surface area (Å²) in [6, 6.07) is 12.9. The number of hydrogen-bond donors (Lipinski definition) is 1. The van der Waals surface area contributed by atoms with Crippen LogP contribution in [-0.2, 0) is 11.2 Å². The monoisotopic (exact) mass is 347 g/mol. The molecule has 0 aromatic heterocycles. The van der Waals surface area contributed by atoms with Crippen molar-refractivity contribution < 1.29 is 14.3 Å². The third kappa shape index (κ3) is 4.90. The van der Waals surface area contributed by atoms with Gasteiger partial charge in [0.2, 0.25) is 5.91 Å². The molecule has 0 bridgehead atoms. The van der Waals surface area contributed by atoms with E-state index in [1.807, 2.05) is 49.4 Å². The van der Waals surface area contributed by atoms with Crippen molar-refractivity contribution in [1.29, 1.82) is 0 Å². The van der Waals surface area contributed by atoms with Crippen LogP contribution in [0.15, 0.2) is 42.5 Å². The lowest BCUT2D eigenvalue weighted by Gasteiger charge is -2.18. The Labute approximate surface area is 147 Å². The molecule has 0 aliphatic rings. The van der Waals surface area contributed by atoms with Crippen molar-refractivity contribution in [3.05, 3.63) is 58.6 Å². The molecular weight excluding hydrogens is 326 g/mol. The van der Waals surface area contributed by atoms with Crippen molar-refractivity contribution in [2.45, 2.75) is 25.8 Å². The van der Waals surface area contributed by atoms with Gasteiger partial charge in [-0.2, -0.15) is 0 Å². The Morgan fingerprint density at radius 2 is 1.83 bits per heavy atom. The smallest absolute Gasteiger partial charge is 0.220 e. The lowest BCUT2D eigenvalue weighted by Crippen LogP contribution is -2.27. The van der Waals surface area contributed by atoms with E-state index in [0.717, 1.165) is 22.6 Å². The van der Waals surface area contributed by atoms with Crippen molar-refractivity contribution in [2.24, 2.45) is 0 Å². The highest BCUT2D eigenvalue weighted by Crippen LogP contribution is 2.29. The lowest BCUT2D eigenvalue weighted by molar-refractivity contribution is -0.121. The summed E-state index contributed by atoms with van der Waals surface area (Å²) in [4.78, 5) is 12.2. The van der Waals surface area contributed by atoms with Crippen LogP contribution in [0.25, 0.3) is 0 Å². The van der Waals surface area contributed by atoms with Gasteiger partial charge < -0.3 is 14.8 Å². The Morgan fingerprint density at radius 3 is 2.46 bits per heavy atom. The predicted molar refractivity (Wildman–Crippen MR) is 95.9 cm³/mol. The molecule has 128 valence electrons. The molecule has 1 amide bonds. The number of aryl methyl sites for hydroxylation is 1. The van der Waals surface area contributed by atoms with Crippen LogP contribution in [0.4, 0.5) is 0 Å². The maximum Gasteiger partial charge on any atom is 0.220 e. The summed E-state index contributed by atoms with van der Waals surface area (Å²) in [5.74, 6) is 1.44. The van der Waals surface area contributed by atoms with Gasteiger partial charge in [-0.05, 0) is 49.2 Å². The zero-order valence-electron chi connectivity index (χ0n) is 14.1. The fraction of sp³-hybridized carbons (Fsp3) is 0.316. The fourth-order valence-corrected chi connectivity index (χ4v) is 2.60. The number of ether oxygens (including phenoxy) is 2. The standard InChI is InChI=1S/C19H22ClNO3/c1-13(17-12-16(23-2)9-10-18(17)24-3)21-19(22)11-6-14-4-7-15(20)8-5-14/h4-5,7-10,12-13H,6,11H2,1-3H3,(H,21,22)/t13-/m1/s1. The molecule has 0 aliphatic heterocycles. The molecule has 0 fully saturated rings. The number of benzene rings is 2. The Hall–Kier alpha value is -2.20. The highest BCUT2D eigenvalue weighted by atomic mass is 35.5. The molecule has 2 aromatic rings. The van der Waals surface area contributed by atoms with Crippen LogP contribution in [-0.4, -0.2) is 20.1 Å². The number of methoxy groups -OCH3 is 2. The molecule has 2 rings (SSSR count). The largest absolute Gasteiger partial charge is 0.497 e. The fourth-order valence-electron chi connectivity index (χ4n) is 2.48. The maximum atomic E-state index is 12.2. The number of carbonyl (C=O) groups is 1. The minimum atomic E-state index is -0.173. The van der Waals surface area contributed by atoms with Gasteiger partial charge in [0.25, 0.3) is 0 Å². The molecule has 0 saturated heterocycles. The second-order valence-corrected chi connectivity index (χ2v) is 5.96. The van der Waals surface area contributed by atoms with Gasteiger partial charge in [-0.1, -0.05) is 23.7 Å². The van der Waals surface area contributed by atoms with Crippen LogP contribution in [0.5, 0.6) is 11.5 Å². The average Bonchev–Trinajstić information content (AvgIpc) is 2.60. The van der Waals surface area contributed by atoms with E-state index in [-0.39, 0.29) is 11.9 Å². The summed E-state index contributed by atoms with van der Waals surface area (Å²) in [5.41, 5.74) is 1.97. The van der Waals surface area contributed by atoms with Gasteiger partial charge in [-0.25, -0.2) is 0 Å². The van der Waals surface area contributed by atoms with Gasteiger partial charge in [0.1, 0.15) is 11.5 Å². The first kappa shape index (κ1) is 18.1. The molecule has 0 radical (unpaired) electrons. The zero-order chi connectivity index (χ0) is 17.5. The molecule has 1 N–H and O–H groups in total. The first-order valence-corrected chi connectivity index (χ1v) is 8.17. The second-order valence-electron chi connectivity index (χ2n) is 5.52. The SMILES string of the molecule is COc1ccc(OC)c([C@@H](C)NC(=O)CCc2ccc(Cl)cc2)c1. The normalized spacial score (nSPS) is 11.7. The lowest BCUT2D eigenvalue weighted by atomic mass is 10.1. The molecule has 4 nitrogen and oxygen atoms in total.